The van der Waals surface area contributed by atoms with Crippen molar-refractivity contribution in [2.24, 2.45) is 16.9 Å². The first kappa shape index (κ1) is 17.8. The maximum atomic E-state index is 13.4. The highest BCUT2D eigenvalue weighted by atomic mass is 35.5. The molecular formula is C22H16ClN3O3. The van der Waals surface area contributed by atoms with Gasteiger partial charge >= 0.3 is 0 Å². The second-order valence-electron chi connectivity index (χ2n) is 7.24. The van der Waals surface area contributed by atoms with Crippen molar-refractivity contribution in [3.63, 3.8) is 0 Å². The molecule has 29 heavy (non-hydrogen) atoms. The van der Waals surface area contributed by atoms with E-state index >= 15 is 0 Å². The molecule has 3 heterocycles. The van der Waals surface area contributed by atoms with Crippen molar-refractivity contribution in [2.45, 2.75) is 12.1 Å². The van der Waals surface area contributed by atoms with E-state index in [1.54, 1.807) is 65.8 Å². The fourth-order valence-corrected chi connectivity index (χ4v) is 4.58. The first-order valence-corrected chi connectivity index (χ1v) is 9.67. The minimum atomic E-state index is -0.850. The Bertz CT molecular complexity index is 1060. The zero-order valence-electron chi connectivity index (χ0n) is 15.2. The summed E-state index contributed by atoms with van der Waals surface area (Å²) in [4.78, 5) is 41.2. The fraction of sp³-hybridized carbons (Fsp3) is 0.182. The molecule has 0 bridgehead atoms. The molecule has 4 unspecified atom stereocenters. The third-order valence-corrected chi connectivity index (χ3v) is 5.95. The standard InChI is InChI=1S/C22H16ClN3O3/c23-14-10-8-13(9-11-14)20(27)19-18-17(16-7-4-12-24-26(16)19)21(28)25(22(18)29)15-5-2-1-3-6-15/h1-12,16-19H. The highest BCUT2D eigenvalue weighted by Crippen LogP contribution is 2.46. The van der Waals surface area contributed by atoms with Gasteiger partial charge in [0, 0.05) is 16.8 Å². The number of rotatable bonds is 3. The summed E-state index contributed by atoms with van der Waals surface area (Å²) in [5.74, 6) is -2.36. The van der Waals surface area contributed by atoms with Crippen LogP contribution in [-0.4, -0.2) is 40.9 Å². The summed E-state index contributed by atoms with van der Waals surface area (Å²) >= 11 is 5.95. The molecule has 2 fully saturated rings. The minimum absolute atomic E-state index is 0.248. The van der Waals surface area contributed by atoms with Gasteiger partial charge in [0.15, 0.2) is 5.78 Å². The van der Waals surface area contributed by atoms with Crippen LogP contribution in [0.1, 0.15) is 10.4 Å². The first-order chi connectivity index (χ1) is 14.1. The smallest absolute Gasteiger partial charge is 0.240 e. The molecule has 3 aliphatic heterocycles. The zero-order valence-corrected chi connectivity index (χ0v) is 15.9. The summed E-state index contributed by atoms with van der Waals surface area (Å²) in [6.07, 6.45) is 5.15. The quantitative estimate of drug-likeness (QED) is 0.581. The molecule has 144 valence electrons. The molecule has 2 aromatic carbocycles. The van der Waals surface area contributed by atoms with Crippen molar-refractivity contribution in [2.75, 3.05) is 4.90 Å². The highest BCUT2D eigenvalue weighted by molar-refractivity contribution is 6.30. The molecule has 6 nitrogen and oxygen atoms in total. The number of hydrogen-bond acceptors (Lipinski definition) is 5. The van der Waals surface area contributed by atoms with Gasteiger partial charge in [0.1, 0.15) is 6.04 Å². The molecule has 7 heteroatoms. The molecule has 2 saturated heterocycles. The second-order valence-corrected chi connectivity index (χ2v) is 7.67. The largest absolute Gasteiger partial charge is 0.292 e. The number of Topliss-reactive ketones (excluding diaryl/α,β-unsaturated/α-hetero) is 1. The summed E-state index contributed by atoms with van der Waals surface area (Å²) in [6, 6.07) is 14.1. The van der Waals surface area contributed by atoms with Crippen molar-refractivity contribution >= 4 is 41.1 Å². The van der Waals surface area contributed by atoms with E-state index in [9.17, 15) is 14.4 Å². The number of carbonyl (C=O) groups excluding carboxylic acids is 3. The average Bonchev–Trinajstić information content (AvgIpc) is 3.22. The van der Waals surface area contributed by atoms with Crippen molar-refractivity contribution in [3.05, 3.63) is 77.3 Å². The number of imide groups is 1. The Morgan fingerprint density at radius 2 is 1.62 bits per heavy atom. The molecule has 2 aromatic rings. The molecule has 3 aliphatic rings. The summed E-state index contributed by atoms with van der Waals surface area (Å²) in [5.41, 5.74) is 0.950. The van der Waals surface area contributed by atoms with E-state index in [2.05, 4.69) is 5.10 Å². The number of anilines is 1. The summed E-state index contributed by atoms with van der Waals surface area (Å²) in [5, 5.41) is 6.46. The van der Waals surface area contributed by atoms with Crippen molar-refractivity contribution < 1.29 is 14.4 Å². The molecule has 2 amide bonds. The van der Waals surface area contributed by atoms with E-state index in [0.29, 0.717) is 16.3 Å². The SMILES string of the molecule is O=C(c1ccc(Cl)cc1)C1C2C(=O)N(c3ccccc3)C(=O)C2C2C=CC=NN21. The van der Waals surface area contributed by atoms with E-state index in [4.69, 9.17) is 11.6 Å². The zero-order chi connectivity index (χ0) is 20.1. The summed E-state index contributed by atoms with van der Waals surface area (Å²) < 4.78 is 0. The Hall–Kier alpha value is -3.25. The Morgan fingerprint density at radius 3 is 2.34 bits per heavy atom. The van der Waals surface area contributed by atoms with Gasteiger partial charge in [-0.2, -0.15) is 5.10 Å². The number of hydrogen-bond donors (Lipinski definition) is 0. The van der Waals surface area contributed by atoms with Crippen LogP contribution in [0, 0.1) is 11.8 Å². The molecule has 0 spiro atoms. The number of benzene rings is 2. The van der Waals surface area contributed by atoms with E-state index in [1.807, 2.05) is 12.1 Å². The first-order valence-electron chi connectivity index (χ1n) is 9.29. The number of carbonyl (C=O) groups is 3. The normalized spacial score (nSPS) is 27.3. The maximum Gasteiger partial charge on any atom is 0.240 e. The number of para-hydroxylation sites is 1. The van der Waals surface area contributed by atoms with Crippen LogP contribution < -0.4 is 4.90 Å². The lowest BCUT2D eigenvalue weighted by atomic mass is 9.86. The van der Waals surface area contributed by atoms with Gasteiger partial charge in [0.2, 0.25) is 11.8 Å². The highest BCUT2D eigenvalue weighted by Gasteiger charge is 2.64. The average molecular weight is 406 g/mol. The van der Waals surface area contributed by atoms with Gasteiger partial charge in [-0.25, -0.2) is 4.90 Å². The molecule has 4 atom stereocenters. The van der Waals surface area contributed by atoms with Gasteiger partial charge < -0.3 is 0 Å². The number of halogens is 1. The van der Waals surface area contributed by atoms with Gasteiger partial charge in [-0.3, -0.25) is 19.4 Å². The summed E-state index contributed by atoms with van der Waals surface area (Å²) in [7, 11) is 0. The number of hydrazone groups is 1. The number of allylic oxidation sites excluding steroid dienone is 1. The molecule has 5 rings (SSSR count). The monoisotopic (exact) mass is 405 g/mol. The lowest BCUT2D eigenvalue weighted by Crippen LogP contribution is -2.46. The second kappa shape index (κ2) is 6.67. The Balaban J connectivity index is 1.58. The van der Waals surface area contributed by atoms with E-state index in [0.717, 1.165) is 0 Å². The third-order valence-electron chi connectivity index (χ3n) is 5.70. The molecule has 0 aromatic heterocycles. The van der Waals surface area contributed by atoms with Crippen LogP contribution in [0.25, 0.3) is 0 Å². The van der Waals surface area contributed by atoms with Crippen molar-refractivity contribution in [1.29, 1.82) is 0 Å². The Morgan fingerprint density at radius 1 is 0.931 bits per heavy atom. The number of nitrogens with zero attached hydrogens (tertiary/aromatic N) is 3. The van der Waals surface area contributed by atoms with Crippen LogP contribution in [0.5, 0.6) is 0 Å². The molecule has 0 radical (unpaired) electrons. The number of fused-ring (bicyclic) bond motifs is 3. The van der Waals surface area contributed by atoms with Crippen LogP contribution in [0.2, 0.25) is 5.02 Å². The molecule has 0 aliphatic carbocycles. The van der Waals surface area contributed by atoms with Crippen molar-refractivity contribution in [1.82, 2.24) is 5.01 Å². The maximum absolute atomic E-state index is 13.4. The number of ketones is 1. The van der Waals surface area contributed by atoms with E-state index in [-0.39, 0.29) is 17.6 Å². The van der Waals surface area contributed by atoms with Crippen LogP contribution in [0.4, 0.5) is 5.69 Å². The predicted molar refractivity (Wildman–Crippen MR) is 109 cm³/mol. The van der Waals surface area contributed by atoms with Gasteiger partial charge in [-0.05, 0) is 42.5 Å². The fourth-order valence-electron chi connectivity index (χ4n) is 4.45. The van der Waals surface area contributed by atoms with Crippen LogP contribution in [0.15, 0.2) is 71.9 Å². The topological polar surface area (TPSA) is 70.0 Å². The predicted octanol–water partition coefficient (Wildman–Crippen LogP) is 2.94. The minimum Gasteiger partial charge on any atom is -0.292 e. The lowest BCUT2D eigenvalue weighted by Gasteiger charge is -2.30. The summed E-state index contributed by atoms with van der Waals surface area (Å²) in [6.45, 7) is 0. The Labute approximate surface area is 172 Å². The van der Waals surface area contributed by atoms with Gasteiger partial charge in [-0.15, -0.1) is 0 Å². The van der Waals surface area contributed by atoms with Gasteiger partial charge in [-0.1, -0.05) is 35.9 Å². The number of amides is 2. The molecule has 0 N–H and O–H groups in total. The van der Waals surface area contributed by atoms with Gasteiger partial charge in [0.05, 0.1) is 23.6 Å². The molecular weight excluding hydrogens is 390 g/mol. The van der Waals surface area contributed by atoms with Crippen LogP contribution in [0.3, 0.4) is 0 Å². The van der Waals surface area contributed by atoms with E-state index < -0.39 is 23.9 Å². The third kappa shape index (κ3) is 2.63. The van der Waals surface area contributed by atoms with E-state index in [1.165, 1.54) is 4.90 Å². The van der Waals surface area contributed by atoms with Crippen molar-refractivity contribution in [3.8, 4) is 0 Å². The molecule has 0 saturated carbocycles. The van der Waals surface area contributed by atoms with Crippen LogP contribution >= 0.6 is 11.6 Å². The lowest BCUT2D eigenvalue weighted by molar-refractivity contribution is -0.123. The Kier molecular flexibility index (Phi) is 4.10. The van der Waals surface area contributed by atoms with Crippen LogP contribution in [-0.2, 0) is 9.59 Å². The van der Waals surface area contributed by atoms with Gasteiger partial charge in [0.25, 0.3) is 0 Å².